The monoisotopic (exact) mass is 498 g/mol. The zero-order valence-corrected chi connectivity index (χ0v) is 20.0. The Labute approximate surface area is 186 Å². The van der Waals surface area contributed by atoms with Crippen LogP contribution in [-0.4, -0.2) is 34.6 Å². The number of ether oxygens (including phenoxy) is 2. The van der Waals surface area contributed by atoms with Gasteiger partial charge in [-0.05, 0) is 55.3 Å². The lowest BCUT2D eigenvalue weighted by Gasteiger charge is -2.25. The van der Waals surface area contributed by atoms with Crippen molar-refractivity contribution in [2.75, 3.05) is 14.2 Å². The molecule has 9 heteroatoms. The molecule has 2 rings (SSSR count). The Bertz CT molecular complexity index is 977. The molecular weight excluding hydrogens is 472 g/mol. The van der Waals surface area contributed by atoms with Gasteiger partial charge in [0.05, 0.1) is 25.2 Å². The number of rotatable bonds is 9. The maximum absolute atomic E-state index is 13.0. The third-order valence-electron chi connectivity index (χ3n) is 4.62. The number of methoxy groups -OCH3 is 2. The highest BCUT2D eigenvalue weighted by Gasteiger charge is 2.29. The molecule has 0 heterocycles. The highest BCUT2D eigenvalue weighted by atomic mass is 79.9. The van der Waals surface area contributed by atoms with E-state index in [0.717, 1.165) is 10.0 Å². The molecule has 0 aliphatic heterocycles. The van der Waals surface area contributed by atoms with Crippen molar-refractivity contribution >= 4 is 31.9 Å². The molecule has 164 valence electrons. The Balaban J connectivity index is 2.22. The number of halogens is 1. The third-order valence-corrected chi connectivity index (χ3v) is 6.60. The molecule has 1 unspecified atom stereocenters. The molecule has 2 aromatic carbocycles. The molecule has 0 bridgehead atoms. The first-order valence-electron chi connectivity index (χ1n) is 9.39. The maximum atomic E-state index is 13.0. The first-order valence-corrected chi connectivity index (χ1v) is 11.7. The van der Waals surface area contributed by atoms with Crippen molar-refractivity contribution in [1.29, 1.82) is 0 Å². The summed E-state index contributed by atoms with van der Waals surface area (Å²) in [5.74, 6) is 0.529. The van der Waals surface area contributed by atoms with E-state index in [1.54, 1.807) is 65.3 Å². The average Bonchev–Trinajstić information content (AvgIpc) is 2.71. The zero-order valence-electron chi connectivity index (χ0n) is 17.6. The van der Waals surface area contributed by atoms with E-state index >= 15 is 0 Å². The molecule has 30 heavy (non-hydrogen) atoms. The average molecular weight is 499 g/mol. The Morgan fingerprint density at radius 1 is 1.00 bits per heavy atom. The van der Waals surface area contributed by atoms with Crippen LogP contribution in [0, 0.1) is 5.92 Å². The minimum Gasteiger partial charge on any atom is -0.497 e. The van der Waals surface area contributed by atoms with Gasteiger partial charge in [-0.2, -0.15) is 4.72 Å². The molecule has 0 saturated heterocycles. The number of sulfonamides is 1. The van der Waals surface area contributed by atoms with Gasteiger partial charge >= 0.3 is 0 Å². The SMILES string of the molecule is COc1ccc(OC)c(C(C)NC(=O)[C@@H](NS(=O)(=O)c2ccc(Br)cc2)C(C)C)c1. The summed E-state index contributed by atoms with van der Waals surface area (Å²) in [4.78, 5) is 13.1. The van der Waals surface area contributed by atoms with Gasteiger partial charge in [0.2, 0.25) is 15.9 Å². The van der Waals surface area contributed by atoms with Crippen molar-refractivity contribution in [2.45, 2.75) is 37.8 Å². The number of nitrogens with one attached hydrogen (secondary N) is 2. The lowest BCUT2D eigenvalue weighted by molar-refractivity contribution is -0.124. The standard InChI is InChI=1S/C21H27BrN2O5S/c1-13(2)20(24-30(26,27)17-9-6-15(22)7-10-17)21(25)23-14(3)18-12-16(28-4)8-11-19(18)29-5/h6-14,20,24H,1-5H3,(H,23,25)/t14?,20-/m0/s1. The van der Waals surface area contributed by atoms with E-state index < -0.39 is 28.0 Å². The second-order valence-electron chi connectivity index (χ2n) is 7.14. The van der Waals surface area contributed by atoms with Crippen LogP contribution in [0.3, 0.4) is 0 Å². The van der Waals surface area contributed by atoms with Crippen LogP contribution in [0.2, 0.25) is 0 Å². The van der Waals surface area contributed by atoms with E-state index in [1.165, 1.54) is 12.1 Å². The second-order valence-corrected chi connectivity index (χ2v) is 9.76. The summed E-state index contributed by atoms with van der Waals surface area (Å²) >= 11 is 3.28. The van der Waals surface area contributed by atoms with E-state index in [4.69, 9.17) is 9.47 Å². The lowest BCUT2D eigenvalue weighted by Crippen LogP contribution is -2.50. The van der Waals surface area contributed by atoms with Gasteiger partial charge in [0.1, 0.15) is 17.5 Å². The van der Waals surface area contributed by atoms with Gasteiger partial charge in [0.25, 0.3) is 0 Å². The summed E-state index contributed by atoms with van der Waals surface area (Å²) < 4.78 is 39.4. The number of benzene rings is 2. The molecule has 7 nitrogen and oxygen atoms in total. The normalized spacial score (nSPS) is 13.6. The van der Waals surface area contributed by atoms with Crippen LogP contribution in [-0.2, 0) is 14.8 Å². The van der Waals surface area contributed by atoms with Gasteiger partial charge in [-0.3, -0.25) is 4.79 Å². The third kappa shape index (κ3) is 5.96. The summed E-state index contributed by atoms with van der Waals surface area (Å²) in [5.41, 5.74) is 0.725. The Morgan fingerprint density at radius 3 is 2.17 bits per heavy atom. The van der Waals surface area contributed by atoms with E-state index in [1.807, 2.05) is 0 Å². The molecule has 0 aromatic heterocycles. The van der Waals surface area contributed by atoms with Crippen molar-refractivity contribution in [3.05, 3.63) is 52.5 Å². The molecule has 1 amide bonds. The molecule has 0 saturated carbocycles. The van der Waals surface area contributed by atoms with Crippen LogP contribution in [0.1, 0.15) is 32.4 Å². The van der Waals surface area contributed by atoms with Crippen LogP contribution >= 0.6 is 15.9 Å². The molecule has 0 aliphatic rings. The Hall–Kier alpha value is -2.10. The predicted octanol–water partition coefficient (Wildman–Crippen LogP) is 3.65. The van der Waals surface area contributed by atoms with Crippen LogP contribution in [0.5, 0.6) is 11.5 Å². The fraction of sp³-hybridized carbons (Fsp3) is 0.381. The maximum Gasteiger partial charge on any atom is 0.241 e. The molecule has 0 aliphatic carbocycles. The largest absolute Gasteiger partial charge is 0.497 e. The number of hydrogen-bond donors (Lipinski definition) is 2. The van der Waals surface area contributed by atoms with Crippen LogP contribution < -0.4 is 19.5 Å². The number of amides is 1. The van der Waals surface area contributed by atoms with Crippen LogP contribution in [0.4, 0.5) is 0 Å². The van der Waals surface area contributed by atoms with Gasteiger partial charge < -0.3 is 14.8 Å². The first kappa shape index (κ1) is 24.2. The number of hydrogen-bond acceptors (Lipinski definition) is 5. The van der Waals surface area contributed by atoms with E-state index in [0.29, 0.717) is 11.5 Å². The van der Waals surface area contributed by atoms with E-state index in [9.17, 15) is 13.2 Å². The Morgan fingerprint density at radius 2 is 1.63 bits per heavy atom. The van der Waals surface area contributed by atoms with Crippen molar-refractivity contribution in [2.24, 2.45) is 5.92 Å². The predicted molar refractivity (Wildman–Crippen MR) is 119 cm³/mol. The second kappa shape index (κ2) is 10.3. The topological polar surface area (TPSA) is 93.7 Å². The highest BCUT2D eigenvalue weighted by Crippen LogP contribution is 2.29. The molecule has 0 spiro atoms. The highest BCUT2D eigenvalue weighted by molar-refractivity contribution is 9.10. The van der Waals surface area contributed by atoms with Crippen LogP contribution in [0.25, 0.3) is 0 Å². The number of carbonyl (C=O) groups is 1. The van der Waals surface area contributed by atoms with Gasteiger partial charge in [-0.15, -0.1) is 0 Å². The molecule has 2 N–H and O–H groups in total. The molecule has 2 atom stereocenters. The Kier molecular flexibility index (Phi) is 8.28. The lowest BCUT2D eigenvalue weighted by atomic mass is 10.0. The first-order chi connectivity index (χ1) is 14.1. The van der Waals surface area contributed by atoms with Gasteiger partial charge in [0.15, 0.2) is 0 Å². The van der Waals surface area contributed by atoms with E-state index in [2.05, 4.69) is 26.0 Å². The quantitative estimate of drug-likeness (QED) is 0.550. The van der Waals surface area contributed by atoms with Gasteiger partial charge in [-0.1, -0.05) is 29.8 Å². The van der Waals surface area contributed by atoms with Crippen LogP contribution in [0.15, 0.2) is 51.8 Å². The van der Waals surface area contributed by atoms with Crippen molar-refractivity contribution < 1.29 is 22.7 Å². The minimum atomic E-state index is -3.87. The summed E-state index contributed by atoms with van der Waals surface area (Å²) in [6.45, 7) is 5.37. The van der Waals surface area contributed by atoms with E-state index in [-0.39, 0.29) is 10.8 Å². The van der Waals surface area contributed by atoms with Crippen molar-refractivity contribution in [3.8, 4) is 11.5 Å². The fourth-order valence-electron chi connectivity index (χ4n) is 2.90. The van der Waals surface area contributed by atoms with Gasteiger partial charge in [0, 0.05) is 10.0 Å². The number of carbonyl (C=O) groups excluding carboxylic acids is 1. The molecule has 0 radical (unpaired) electrons. The molecule has 0 fully saturated rings. The molecule has 2 aromatic rings. The summed E-state index contributed by atoms with van der Waals surface area (Å²) in [6.07, 6.45) is 0. The molecular formula is C21H27BrN2O5S. The van der Waals surface area contributed by atoms with Gasteiger partial charge in [-0.25, -0.2) is 8.42 Å². The summed E-state index contributed by atoms with van der Waals surface area (Å²) in [5, 5.41) is 2.88. The van der Waals surface area contributed by atoms with Crippen molar-refractivity contribution in [3.63, 3.8) is 0 Å². The fourth-order valence-corrected chi connectivity index (χ4v) is 4.51. The smallest absolute Gasteiger partial charge is 0.241 e. The summed E-state index contributed by atoms with van der Waals surface area (Å²) in [7, 11) is -0.766. The zero-order chi connectivity index (χ0) is 22.5. The summed E-state index contributed by atoms with van der Waals surface area (Å²) in [6, 6.07) is 10.1. The van der Waals surface area contributed by atoms with Crippen molar-refractivity contribution in [1.82, 2.24) is 10.0 Å². The minimum absolute atomic E-state index is 0.0895.